The lowest BCUT2D eigenvalue weighted by Gasteiger charge is -2.42. The number of aliphatic hydroxyl groups is 1. The topological polar surface area (TPSA) is 102 Å². The van der Waals surface area contributed by atoms with Gasteiger partial charge in [0.15, 0.2) is 8.32 Å². The highest BCUT2D eigenvalue weighted by Crippen LogP contribution is 2.39. The lowest BCUT2D eigenvalue weighted by molar-refractivity contribution is -0.134. The zero-order valence-electron chi connectivity index (χ0n) is 23.8. The Morgan fingerprint density at radius 3 is 2.25 bits per heavy atom. The predicted octanol–water partition coefficient (Wildman–Crippen LogP) is 4.95. The molecule has 36 heavy (non-hydrogen) atoms. The summed E-state index contributed by atoms with van der Waals surface area (Å²) in [6, 6.07) is 0. The van der Waals surface area contributed by atoms with Crippen molar-refractivity contribution in [3.63, 3.8) is 0 Å². The van der Waals surface area contributed by atoms with Crippen LogP contribution in [0.5, 0.6) is 0 Å². The van der Waals surface area contributed by atoms with Crippen molar-refractivity contribution in [2.24, 2.45) is 17.8 Å². The van der Waals surface area contributed by atoms with Crippen molar-refractivity contribution in [1.29, 1.82) is 0 Å². The zero-order valence-corrected chi connectivity index (χ0v) is 24.8. The van der Waals surface area contributed by atoms with Crippen LogP contribution >= 0.6 is 0 Å². The second-order valence-electron chi connectivity index (χ2n) is 11.9. The summed E-state index contributed by atoms with van der Waals surface area (Å²) in [6.07, 6.45) is 4.46. The molecule has 2 amide bonds. The summed E-state index contributed by atoms with van der Waals surface area (Å²) in [5.74, 6) is -1.16. The number of hydrogen-bond acceptors (Lipinski definition) is 6. The molecule has 5 atom stereocenters. The summed E-state index contributed by atoms with van der Waals surface area (Å²) in [4.78, 5) is 35.9. The summed E-state index contributed by atoms with van der Waals surface area (Å²) in [5.41, 5.74) is 0.723. The average Bonchev–Trinajstić information content (AvgIpc) is 2.76. The fourth-order valence-corrected chi connectivity index (χ4v) is 5.77. The number of nitrogens with one attached hydrogen (secondary N) is 1. The Morgan fingerprint density at radius 2 is 1.78 bits per heavy atom. The van der Waals surface area contributed by atoms with Crippen molar-refractivity contribution in [2.45, 2.75) is 110 Å². The predicted molar refractivity (Wildman–Crippen MR) is 146 cm³/mol. The number of ether oxygens (including phenoxy) is 1. The standard InChI is InChI=1S/C28H49NO6Si/c1-11-23(34-8)27(35-36(9,10)28(5,6)7)19(3)15-18(2)26(33)20(4)22(30)14-12-13-21-16-24(31)29-25(32)17-21/h11,15,19-21,23,26-27,33H,1,12-14,16-17H2,2-10H3,(H,29,31,32)/b18-15-/t19-,20-,23+,26+,27+/m1/s1. The van der Waals surface area contributed by atoms with E-state index < -0.39 is 20.3 Å². The number of aliphatic hydroxyl groups excluding tert-OH is 1. The number of rotatable bonds is 14. The Bertz CT molecular complexity index is 799. The molecule has 1 heterocycles. The number of ketones is 1. The summed E-state index contributed by atoms with van der Waals surface area (Å²) < 4.78 is 12.4. The van der Waals surface area contributed by atoms with E-state index in [-0.39, 0.29) is 46.7 Å². The molecule has 0 aromatic heterocycles. The van der Waals surface area contributed by atoms with Crippen LogP contribution in [0.25, 0.3) is 0 Å². The molecule has 0 aromatic carbocycles. The maximum absolute atomic E-state index is 12.8. The third kappa shape index (κ3) is 9.36. The van der Waals surface area contributed by atoms with Crippen LogP contribution in [0.2, 0.25) is 18.1 Å². The van der Waals surface area contributed by atoms with Crippen LogP contribution in [0.4, 0.5) is 0 Å². The SMILES string of the molecule is C=C[C@H](OC)[C@@H](O[Si](C)(C)C(C)(C)C)[C@H](C)/C=C(/C)[C@H](O)[C@H](C)C(=O)CCCC1CC(=O)NC(=O)C1. The molecule has 0 bridgehead atoms. The van der Waals surface area contributed by atoms with E-state index in [4.69, 9.17) is 9.16 Å². The molecule has 0 saturated carbocycles. The largest absolute Gasteiger partial charge is 0.410 e. The molecule has 1 aliphatic heterocycles. The molecule has 1 saturated heterocycles. The highest BCUT2D eigenvalue weighted by Gasteiger charge is 2.41. The van der Waals surface area contributed by atoms with Gasteiger partial charge < -0.3 is 14.3 Å². The maximum Gasteiger partial charge on any atom is 0.226 e. The van der Waals surface area contributed by atoms with Gasteiger partial charge in [-0.15, -0.1) is 6.58 Å². The van der Waals surface area contributed by atoms with Crippen molar-refractivity contribution in [2.75, 3.05) is 7.11 Å². The van der Waals surface area contributed by atoms with Crippen LogP contribution < -0.4 is 5.32 Å². The van der Waals surface area contributed by atoms with Crippen LogP contribution in [0.3, 0.4) is 0 Å². The van der Waals surface area contributed by atoms with Gasteiger partial charge in [0.25, 0.3) is 0 Å². The number of hydrogen-bond donors (Lipinski definition) is 2. The fourth-order valence-electron chi connectivity index (χ4n) is 4.38. The average molecular weight is 524 g/mol. The first-order valence-electron chi connectivity index (χ1n) is 13.1. The Kier molecular flexibility index (Phi) is 12.4. The second-order valence-corrected chi connectivity index (χ2v) is 16.6. The van der Waals surface area contributed by atoms with Crippen molar-refractivity contribution >= 4 is 25.9 Å². The Labute approximate surface area is 219 Å². The van der Waals surface area contributed by atoms with Crippen LogP contribution in [-0.4, -0.2) is 56.4 Å². The van der Waals surface area contributed by atoms with Crippen molar-refractivity contribution in [1.82, 2.24) is 5.32 Å². The van der Waals surface area contributed by atoms with Crippen molar-refractivity contribution < 1.29 is 28.7 Å². The molecule has 0 spiro atoms. The first-order valence-corrected chi connectivity index (χ1v) is 16.0. The molecule has 1 aliphatic rings. The van der Waals surface area contributed by atoms with Gasteiger partial charge in [-0.05, 0) is 49.4 Å². The number of methoxy groups -OCH3 is 1. The Morgan fingerprint density at radius 1 is 1.22 bits per heavy atom. The van der Waals surface area contributed by atoms with E-state index in [9.17, 15) is 19.5 Å². The van der Waals surface area contributed by atoms with E-state index in [1.165, 1.54) is 0 Å². The number of carbonyl (C=O) groups is 3. The molecule has 0 radical (unpaired) electrons. The smallest absolute Gasteiger partial charge is 0.226 e. The zero-order chi connectivity index (χ0) is 27.8. The number of carbonyl (C=O) groups excluding carboxylic acids is 3. The van der Waals surface area contributed by atoms with Crippen molar-refractivity contribution in [3.8, 4) is 0 Å². The minimum absolute atomic E-state index is 0.0156. The third-order valence-electron chi connectivity index (χ3n) is 7.82. The second kappa shape index (κ2) is 13.8. The van der Waals surface area contributed by atoms with E-state index in [1.54, 1.807) is 20.1 Å². The number of amides is 2. The maximum atomic E-state index is 12.8. The molecule has 0 aromatic rings. The van der Waals surface area contributed by atoms with E-state index in [0.29, 0.717) is 32.1 Å². The van der Waals surface area contributed by atoms with Crippen LogP contribution in [0.15, 0.2) is 24.3 Å². The molecule has 206 valence electrons. The molecule has 2 N–H and O–H groups in total. The fraction of sp³-hybridized carbons (Fsp3) is 0.750. The number of piperidine rings is 1. The highest BCUT2D eigenvalue weighted by molar-refractivity contribution is 6.74. The van der Waals surface area contributed by atoms with Gasteiger partial charge in [0.2, 0.25) is 11.8 Å². The lowest BCUT2D eigenvalue weighted by Crippen LogP contribution is -2.49. The minimum Gasteiger partial charge on any atom is -0.410 e. The lowest BCUT2D eigenvalue weighted by atomic mass is 9.87. The molecule has 8 heteroatoms. The molecule has 7 nitrogen and oxygen atoms in total. The van der Waals surface area contributed by atoms with Gasteiger partial charge in [0.1, 0.15) is 11.9 Å². The van der Waals surface area contributed by atoms with Gasteiger partial charge in [-0.3, -0.25) is 19.7 Å². The first-order chi connectivity index (χ1) is 16.5. The molecule has 0 unspecified atom stereocenters. The van der Waals surface area contributed by atoms with Gasteiger partial charge in [-0.1, -0.05) is 46.8 Å². The molecule has 0 aliphatic carbocycles. The minimum atomic E-state index is -2.10. The molecular formula is C28H49NO6Si. The van der Waals surface area contributed by atoms with Gasteiger partial charge >= 0.3 is 0 Å². The summed E-state index contributed by atoms with van der Waals surface area (Å²) >= 11 is 0. The normalized spacial score (nSPS) is 20.3. The highest BCUT2D eigenvalue weighted by atomic mass is 28.4. The number of Topliss-reactive ketones (excluding diaryl/α,β-unsaturated/α-hetero) is 1. The van der Waals surface area contributed by atoms with Gasteiger partial charge in [-0.25, -0.2) is 0 Å². The number of imide groups is 1. The molecular weight excluding hydrogens is 474 g/mol. The van der Waals surface area contributed by atoms with E-state index in [2.05, 4.69) is 45.8 Å². The quantitative estimate of drug-likeness (QED) is 0.190. The first kappa shape index (κ1) is 32.4. The monoisotopic (exact) mass is 523 g/mol. The molecule has 1 rings (SSSR count). The Hall–Kier alpha value is -1.61. The van der Waals surface area contributed by atoms with Gasteiger partial charge in [0.05, 0.1) is 12.2 Å². The summed E-state index contributed by atoms with van der Waals surface area (Å²) in [5, 5.41) is 13.3. The summed E-state index contributed by atoms with van der Waals surface area (Å²) in [7, 11) is -0.460. The Balaban J connectivity index is 2.84. The van der Waals surface area contributed by atoms with Crippen LogP contribution in [0.1, 0.15) is 73.6 Å². The van der Waals surface area contributed by atoms with E-state index in [1.807, 2.05) is 19.9 Å². The summed E-state index contributed by atoms with van der Waals surface area (Å²) in [6.45, 7) is 20.5. The van der Waals surface area contributed by atoms with Gasteiger partial charge in [0, 0.05) is 38.2 Å². The van der Waals surface area contributed by atoms with Crippen LogP contribution in [-0.2, 0) is 23.5 Å². The third-order valence-corrected chi connectivity index (χ3v) is 12.3. The van der Waals surface area contributed by atoms with E-state index >= 15 is 0 Å². The van der Waals surface area contributed by atoms with Gasteiger partial charge in [-0.2, -0.15) is 0 Å². The van der Waals surface area contributed by atoms with E-state index in [0.717, 1.165) is 5.57 Å². The molecule has 1 fully saturated rings. The van der Waals surface area contributed by atoms with Crippen molar-refractivity contribution in [3.05, 3.63) is 24.3 Å². The van der Waals surface area contributed by atoms with Crippen LogP contribution in [0, 0.1) is 17.8 Å².